The smallest absolute Gasteiger partial charge is 0.138 e. The number of rotatable bonds is 11. The summed E-state index contributed by atoms with van der Waals surface area (Å²) in [5.41, 5.74) is 2.98. The van der Waals surface area contributed by atoms with Gasteiger partial charge < -0.3 is 9.62 Å². The van der Waals surface area contributed by atoms with Crippen molar-refractivity contribution in [3.05, 3.63) is 48.0 Å². The molecule has 31 heavy (non-hydrogen) atoms. The minimum absolute atomic E-state index is 0.540. The molecule has 0 aromatic heterocycles. The van der Waals surface area contributed by atoms with Crippen molar-refractivity contribution in [3.8, 4) is 11.1 Å². The van der Waals surface area contributed by atoms with Gasteiger partial charge in [0.1, 0.15) is 5.67 Å². The number of hydrogen-bond acceptors (Lipinski definition) is 4. The number of nitrogens with zero attached hydrogens (tertiary/aromatic N) is 1. The van der Waals surface area contributed by atoms with E-state index < -0.39 is 5.67 Å². The molecule has 1 fully saturated rings. The van der Waals surface area contributed by atoms with Gasteiger partial charge in [-0.15, -0.1) is 11.8 Å². The SMILES string of the molecule is CCCCCCCSc1ccc(-c2cc(C3(F)CCNCC3)ccc2N(C)SC)cc1. The first-order valence-electron chi connectivity index (χ1n) is 11.6. The number of piperidine rings is 1. The van der Waals surface area contributed by atoms with Gasteiger partial charge >= 0.3 is 0 Å². The van der Waals surface area contributed by atoms with Crippen LogP contribution in [0, 0.1) is 0 Å². The number of anilines is 1. The standard InChI is InChI=1S/C26H37FN2S2/c1-4-5-6-7-8-19-31-23-12-9-21(10-13-23)24-20-22(11-14-25(24)29(2)30-3)26(27)15-17-28-18-16-26/h9-14,20,28H,4-8,15-19H2,1-3H3. The van der Waals surface area contributed by atoms with E-state index in [1.807, 2.05) is 17.8 Å². The molecule has 3 rings (SSSR count). The van der Waals surface area contributed by atoms with Crippen LogP contribution in [0.1, 0.15) is 57.4 Å². The highest BCUT2D eigenvalue weighted by atomic mass is 32.2. The average molecular weight is 461 g/mol. The van der Waals surface area contributed by atoms with Crippen molar-refractivity contribution in [2.24, 2.45) is 0 Å². The first-order chi connectivity index (χ1) is 15.1. The van der Waals surface area contributed by atoms with Gasteiger partial charge in [0, 0.05) is 23.8 Å². The Balaban J connectivity index is 1.77. The van der Waals surface area contributed by atoms with Gasteiger partial charge in [-0.3, -0.25) is 0 Å². The summed E-state index contributed by atoms with van der Waals surface area (Å²) in [7, 11) is 2.07. The minimum Gasteiger partial charge on any atom is -0.319 e. The second-order valence-electron chi connectivity index (χ2n) is 8.41. The summed E-state index contributed by atoms with van der Waals surface area (Å²) in [6.07, 6.45) is 9.76. The van der Waals surface area contributed by atoms with Crippen LogP contribution in [0.15, 0.2) is 47.4 Å². The van der Waals surface area contributed by atoms with Gasteiger partial charge in [-0.2, -0.15) is 0 Å². The highest BCUT2D eigenvalue weighted by molar-refractivity contribution is 8.00. The van der Waals surface area contributed by atoms with Gasteiger partial charge in [-0.25, -0.2) is 4.39 Å². The van der Waals surface area contributed by atoms with E-state index in [0.717, 1.165) is 35.5 Å². The second-order valence-corrected chi connectivity index (χ2v) is 10.5. The zero-order chi connectivity index (χ0) is 22.1. The second kappa shape index (κ2) is 12.2. The largest absolute Gasteiger partial charge is 0.319 e. The Morgan fingerprint density at radius 3 is 2.39 bits per heavy atom. The quantitative estimate of drug-likeness (QED) is 0.210. The lowest BCUT2D eigenvalue weighted by Gasteiger charge is -2.31. The van der Waals surface area contributed by atoms with Gasteiger partial charge in [0.05, 0.1) is 5.69 Å². The molecule has 0 saturated carbocycles. The molecule has 1 saturated heterocycles. The van der Waals surface area contributed by atoms with Gasteiger partial charge in [0.15, 0.2) is 0 Å². The number of thioether (sulfide) groups is 1. The molecule has 0 radical (unpaired) electrons. The number of alkyl halides is 1. The molecule has 5 heteroatoms. The molecule has 2 nitrogen and oxygen atoms in total. The Morgan fingerprint density at radius 1 is 1.00 bits per heavy atom. The molecule has 0 atom stereocenters. The highest BCUT2D eigenvalue weighted by Crippen LogP contribution is 2.41. The maximum Gasteiger partial charge on any atom is 0.138 e. The summed E-state index contributed by atoms with van der Waals surface area (Å²) >= 11 is 3.62. The predicted octanol–water partition coefficient (Wildman–Crippen LogP) is 7.68. The van der Waals surface area contributed by atoms with Crippen LogP contribution in [0.25, 0.3) is 11.1 Å². The number of benzene rings is 2. The number of unbranched alkanes of at least 4 members (excludes halogenated alkanes) is 4. The summed E-state index contributed by atoms with van der Waals surface area (Å²) < 4.78 is 17.8. The first kappa shape index (κ1) is 24.5. The molecule has 1 N–H and O–H groups in total. The molecule has 170 valence electrons. The molecule has 1 heterocycles. The van der Waals surface area contributed by atoms with E-state index in [1.54, 1.807) is 11.9 Å². The normalized spacial score (nSPS) is 15.7. The lowest BCUT2D eigenvalue weighted by atomic mass is 9.85. The summed E-state index contributed by atoms with van der Waals surface area (Å²) in [6, 6.07) is 15.0. The number of hydrogen-bond donors (Lipinski definition) is 1. The van der Waals surface area contributed by atoms with Crippen LogP contribution in [0.3, 0.4) is 0 Å². The average Bonchev–Trinajstić information content (AvgIpc) is 2.81. The summed E-state index contributed by atoms with van der Waals surface area (Å²) in [4.78, 5) is 1.32. The fourth-order valence-corrected chi connectivity index (χ4v) is 5.43. The third kappa shape index (κ3) is 6.66. The molecule has 0 spiro atoms. The van der Waals surface area contributed by atoms with Gasteiger partial charge in [-0.05, 0) is 73.5 Å². The third-order valence-corrected chi connectivity index (χ3v) is 8.05. The molecule has 0 aliphatic carbocycles. The molecule has 0 bridgehead atoms. The first-order valence-corrected chi connectivity index (χ1v) is 13.8. The molecule has 2 aromatic carbocycles. The van der Waals surface area contributed by atoms with Crippen molar-refractivity contribution in [2.45, 2.75) is 62.4 Å². The lowest BCUT2D eigenvalue weighted by Crippen LogP contribution is -2.36. The van der Waals surface area contributed by atoms with Crippen LogP contribution in [0.2, 0.25) is 0 Å². The lowest BCUT2D eigenvalue weighted by molar-refractivity contribution is 0.115. The maximum atomic E-state index is 15.7. The molecule has 2 aromatic rings. The van der Waals surface area contributed by atoms with Crippen molar-refractivity contribution < 1.29 is 4.39 Å². The van der Waals surface area contributed by atoms with E-state index in [0.29, 0.717) is 12.8 Å². The van der Waals surface area contributed by atoms with Crippen LogP contribution < -0.4 is 9.62 Å². The van der Waals surface area contributed by atoms with Crippen LogP contribution in [-0.2, 0) is 5.67 Å². The van der Waals surface area contributed by atoms with E-state index in [-0.39, 0.29) is 0 Å². The van der Waals surface area contributed by atoms with Crippen LogP contribution in [-0.4, -0.2) is 32.1 Å². The Kier molecular flexibility index (Phi) is 9.61. The van der Waals surface area contributed by atoms with E-state index >= 15 is 4.39 Å². The Labute approximate surface area is 196 Å². The van der Waals surface area contributed by atoms with E-state index in [1.165, 1.54) is 42.8 Å². The van der Waals surface area contributed by atoms with Crippen molar-refractivity contribution in [3.63, 3.8) is 0 Å². The fraction of sp³-hybridized carbons (Fsp3) is 0.538. The van der Waals surface area contributed by atoms with Crippen molar-refractivity contribution >= 4 is 29.4 Å². The van der Waals surface area contributed by atoms with Crippen molar-refractivity contribution in [1.82, 2.24) is 5.32 Å². The molecule has 0 unspecified atom stereocenters. The zero-order valence-corrected chi connectivity index (χ0v) is 20.9. The van der Waals surface area contributed by atoms with Gasteiger partial charge in [0.2, 0.25) is 0 Å². The van der Waals surface area contributed by atoms with Crippen molar-refractivity contribution in [2.75, 3.05) is 36.5 Å². The molecule has 0 amide bonds. The Morgan fingerprint density at radius 2 is 1.71 bits per heavy atom. The van der Waals surface area contributed by atoms with Crippen LogP contribution in [0.4, 0.5) is 10.1 Å². The number of nitrogens with one attached hydrogen (secondary N) is 1. The Hall–Kier alpha value is -1.17. The zero-order valence-electron chi connectivity index (χ0n) is 19.3. The Bertz CT molecular complexity index is 804. The summed E-state index contributed by atoms with van der Waals surface area (Å²) in [6.45, 7) is 3.74. The predicted molar refractivity (Wildman–Crippen MR) is 138 cm³/mol. The summed E-state index contributed by atoms with van der Waals surface area (Å²) in [5.74, 6) is 1.18. The van der Waals surface area contributed by atoms with E-state index in [4.69, 9.17) is 0 Å². The van der Waals surface area contributed by atoms with Gasteiger partial charge in [-0.1, -0.05) is 62.8 Å². The minimum atomic E-state index is -1.23. The highest BCUT2D eigenvalue weighted by Gasteiger charge is 2.34. The summed E-state index contributed by atoms with van der Waals surface area (Å²) in [5, 5.41) is 3.28. The third-order valence-electron chi connectivity index (χ3n) is 6.21. The van der Waals surface area contributed by atoms with Crippen molar-refractivity contribution in [1.29, 1.82) is 0 Å². The van der Waals surface area contributed by atoms with E-state index in [9.17, 15) is 0 Å². The number of halogens is 1. The van der Waals surface area contributed by atoms with E-state index in [2.05, 4.69) is 66.2 Å². The molecule has 1 aliphatic rings. The van der Waals surface area contributed by atoms with Crippen LogP contribution in [0.5, 0.6) is 0 Å². The topological polar surface area (TPSA) is 15.3 Å². The monoisotopic (exact) mass is 460 g/mol. The molecular weight excluding hydrogens is 423 g/mol. The van der Waals surface area contributed by atoms with Crippen LogP contribution >= 0.6 is 23.7 Å². The fourth-order valence-electron chi connectivity index (χ4n) is 4.16. The van der Waals surface area contributed by atoms with Gasteiger partial charge in [0.25, 0.3) is 0 Å². The maximum absolute atomic E-state index is 15.7. The molecule has 1 aliphatic heterocycles. The molecular formula is C26H37FN2S2.